The topological polar surface area (TPSA) is 96.7 Å². The van der Waals surface area contributed by atoms with E-state index in [2.05, 4.69) is 22.8 Å². The molecule has 24 heavy (non-hydrogen) atoms. The van der Waals surface area contributed by atoms with Gasteiger partial charge >= 0.3 is 6.03 Å². The highest BCUT2D eigenvalue weighted by Crippen LogP contribution is 2.25. The van der Waals surface area contributed by atoms with Gasteiger partial charge in [-0.15, -0.1) is 0 Å². The zero-order valence-corrected chi connectivity index (χ0v) is 14.2. The molecule has 4 N–H and O–H groups in total. The van der Waals surface area contributed by atoms with Crippen LogP contribution in [0.4, 0.5) is 4.79 Å². The first-order chi connectivity index (χ1) is 11.5. The number of hydrogen-bond donors (Lipinski definition) is 3. The van der Waals surface area contributed by atoms with Crippen molar-refractivity contribution in [3.8, 4) is 0 Å². The monoisotopic (exact) mass is 334 g/mol. The number of benzene rings is 1. The molecule has 2 rings (SSSR count). The van der Waals surface area contributed by atoms with Crippen molar-refractivity contribution >= 4 is 11.9 Å². The Balaban J connectivity index is 1.80. The Morgan fingerprint density at radius 1 is 1.33 bits per heavy atom. The standard InChI is InChI=1S/C17H26N4O3/c1-12(11-24-2)19-17(23)20-16(22)10-21-8-14(15(18)9-21)13-6-4-3-5-7-13/h3-7,12,14-15H,8-11,18H2,1-2H3,(H2,19,20,22,23)/t12?,14-,15+/m0/s1. The molecule has 132 valence electrons. The van der Waals surface area contributed by atoms with Crippen LogP contribution in [0.25, 0.3) is 0 Å². The SMILES string of the molecule is COCC(C)NC(=O)NC(=O)CN1C[C@@H](N)[C@H](c2ccccc2)C1. The molecule has 0 radical (unpaired) electrons. The van der Waals surface area contributed by atoms with Gasteiger partial charge in [-0.25, -0.2) is 4.79 Å². The molecule has 3 atom stereocenters. The van der Waals surface area contributed by atoms with Crippen LogP contribution in [0.1, 0.15) is 18.4 Å². The molecule has 1 saturated heterocycles. The predicted octanol–water partition coefficient (Wildman–Crippen LogP) is 0.274. The fourth-order valence-corrected chi connectivity index (χ4v) is 3.02. The molecule has 1 fully saturated rings. The van der Waals surface area contributed by atoms with Crippen LogP contribution in [0.5, 0.6) is 0 Å². The third kappa shape index (κ3) is 5.30. The third-order valence-electron chi connectivity index (χ3n) is 4.08. The summed E-state index contributed by atoms with van der Waals surface area (Å²) >= 11 is 0. The maximum absolute atomic E-state index is 12.0. The second kappa shape index (κ2) is 8.77. The molecule has 1 aliphatic rings. The Morgan fingerprint density at radius 3 is 2.71 bits per heavy atom. The van der Waals surface area contributed by atoms with Gasteiger partial charge in [0, 0.05) is 32.2 Å². The summed E-state index contributed by atoms with van der Waals surface area (Å²) in [5.74, 6) is -0.132. The average Bonchev–Trinajstić information content (AvgIpc) is 2.88. The number of ether oxygens (including phenoxy) is 1. The Hall–Kier alpha value is -1.96. The summed E-state index contributed by atoms with van der Waals surface area (Å²) in [6, 6.07) is 9.37. The van der Waals surface area contributed by atoms with E-state index in [9.17, 15) is 9.59 Å². The Kier molecular flexibility index (Phi) is 6.72. The maximum atomic E-state index is 12.0. The van der Waals surface area contributed by atoms with Gasteiger partial charge in [-0.1, -0.05) is 30.3 Å². The lowest BCUT2D eigenvalue weighted by Gasteiger charge is -2.17. The van der Waals surface area contributed by atoms with Gasteiger partial charge in [0.05, 0.1) is 19.2 Å². The molecule has 7 heteroatoms. The van der Waals surface area contributed by atoms with Crippen molar-refractivity contribution in [2.75, 3.05) is 33.4 Å². The molecular weight excluding hydrogens is 308 g/mol. The molecule has 0 spiro atoms. The van der Waals surface area contributed by atoms with E-state index in [0.29, 0.717) is 19.7 Å². The van der Waals surface area contributed by atoms with Gasteiger partial charge in [-0.05, 0) is 12.5 Å². The van der Waals surface area contributed by atoms with Gasteiger partial charge in [0.25, 0.3) is 0 Å². The van der Waals surface area contributed by atoms with E-state index in [1.165, 1.54) is 5.56 Å². The molecule has 1 aliphatic heterocycles. The second-order valence-corrected chi connectivity index (χ2v) is 6.25. The van der Waals surface area contributed by atoms with E-state index >= 15 is 0 Å². The van der Waals surface area contributed by atoms with E-state index in [0.717, 1.165) is 0 Å². The van der Waals surface area contributed by atoms with Crippen LogP contribution >= 0.6 is 0 Å². The number of hydrogen-bond acceptors (Lipinski definition) is 5. The smallest absolute Gasteiger partial charge is 0.321 e. The predicted molar refractivity (Wildman–Crippen MR) is 91.6 cm³/mol. The van der Waals surface area contributed by atoms with Crippen LogP contribution in [0.3, 0.4) is 0 Å². The number of nitrogens with one attached hydrogen (secondary N) is 2. The number of methoxy groups -OCH3 is 1. The molecule has 1 heterocycles. The lowest BCUT2D eigenvalue weighted by Crippen LogP contribution is -2.47. The summed E-state index contributed by atoms with van der Waals surface area (Å²) < 4.78 is 4.93. The zero-order chi connectivity index (χ0) is 17.5. The van der Waals surface area contributed by atoms with Gasteiger partial charge in [0.15, 0.2) is 0 Å². The minimum absolute atomic E-state index is 0.0178. The first-order valence-corrected chi connectivity index (χ1v) is 8.11. The number of nitrogens with two attached hydrogens (primary N) is 1. The van der Waals surface area contributed by atoms with Crippen molar-refractivity contribution in [2.24, 2.45) is 5.73 Å². The summed E-state index contributed by atoms with van der Waals surface area (Å²) in [7, 11) is 1.56. The van der Waals surface area contributed by atoms with Gasteiger partial charge in [-0.3, -0.25) is 15.0 Å². The second-order valence-electron chi connectivity index (χ2n) is 6.25. The highest BCUT2D eigenvalue weighted by atomic mass is 16.5. The minimum Gasteiger partial charge on any atom is -0.383 e. The Bertz CT molecular complexity index is 552. The zero-order valence-electron chi connectivity index (χ0n) is 14.2. The average molecular weight is 334 g/mol. The molecule has 1 aromatic carbocycles. The number of rotatable bonds is 6. The Labute approximate surface area is 142 Å². The molecule has 0 saturated carbocycles. The lowest BCUT2D eigenvalue weighted by molar-refractivity contribution is -0.120. The summed E-state index contributed by atoms with van der Waals surface area (Å²) in [5, 5.41) is 4.98. The van der Waals surface area contributed by atoms with E-state index in [1.807, 2.05) is 23.1 Å². The molecule has 1 unspecified atom stereocenters. The lowest BCUT2D eigenvalue weighted by atomic mass is 9.95. The van der Waals surface area contributed by atoms with Crippen LogP contribution in [-0.4, -0.2) is 62.3 Å². The number of amides is 3. The van der Waals surface area contributed by atoms with Gasteiger partial charge in [0.1, 0.15) is 0 Å². The number of nitrogens with zero attached hydrogens (tertiary/aromatic N) is 1. The molecule has 0 aromatic heterocycles. The fourth-order valence-electron chi connectivity index (χ4n) is 3.02. The van der Waals surface area contributed by atoms with Crippen LogP contribution < -0.4 is 16.4 Å². The summed E-state index contributed by atoms with van der Waals surface area (Å²) in [5.41, 5.74) is 7.39. The van der Waals surface area contributed by atoms with Gasteiger partial charge in [0.2, 0.25) is 5.91 Å². The van der Waals surface area contributed by atoms with Crippen molar-refractivity contribution in [1.29, 1.82) is 0 Å². The van der Waals surface area contributed by atoms with Gasteiger partial charge in [-0.2, -0.15) is 0 Å². The van der Waals surface area contributed by atoms with Crippen LogP contribution in [0.2, 0.25) is 0 Å². The van der Waals surface area contributed by atoms with Crippen LogP contribution in [-0.2, 0) is 9.53 Å². The normalized spacial score (nSPS) is 22.1. The van der Waals surface area contributed by atoms with E-state index in [4.69, 9.17) is 10.5 Å². The van der Waals surface area contributed by atoms with E-state index < -0.39 is 6.03 Å². The highest BCUT2D eigenvalue weighted by Gasteiger charge is 2.32. The Morgan fingerprint density at radius 2 is 2.04 bits per heavy atom. The number of imide groups is 1. The van der Waals surface area contributed by atoms with Crippen LogP contribution in [0, 0.1) is 0 Å². The highest BCUT2D eigenvalue weighted by molar-refractivity contribution is 5.95. The largest absolute Gasteiger partial charge is 0.383 e. The number of carbonyl (C=O) groups excluding carboxylic acids is 2. The molecular formula is C17H26N4O3. The summed E-state index contributed by atoms with van der Waals surface area (Å²) in [4.78, 5) is 25.7. The van der Waals surface area contributed by atoms with Crippen LogP contribution in [0.15, 0.2) is 30.3 Å². The van der Waals surface area contributed by atoms with Crippen molar-refractivity contribution in [2.45, 2.75) is 24.9 Å². The number of urea groups is 1. The number of carbonyl (C=O) groups is 2. The quantitative estimate of drug-likeness (QED) is 0.694. The maximum Gasteiger partial charge on any atom is 0.321 e. The summed E-state index contributed by atoms with van der Waals surface area (Å²) in [6.07, 6.45) is 0. The fraction of sp³-hybridized carbons (Fsp3) is 0.529. The van der Waals surface area contributed by atoms with Crippen molar-refractivity contribution < 1.29 is 14.3 Å². The van der Waals surface area contributed by atoms with Crippen molar-refractivity contribution in [1.82, 2.24) is 15.5 Å². The molecule has 1 aromatic rings. The van der Waals surface area contributed by atoms with Crippen molar-refractivity contribution in [3.05, 3.63) is 35.9 Å². The first kappa shape index (κ1) is 18.4. The third-order valence-corrected chi connectivity index (χ3v) is 4.08. The molecule has 3 amide bonds. The molecule has 0 aliphatic carbocycles. The number of likely N-dealkylation sites (tertiary alicyclic amines) is 1. The first-order valence-electron chi connectivity index (χ1n) is 8.11. The van der Waals surface area contributed by atoms with E-state index in [-0.39, 0.29) is 30.5 Å². The molecule has 0 bridgehead atoms. The van der Waals surface area contributed by atoms with E-state index in [1.54, 1.807) is 14.0 Å². The minimum atomic E-state index is -0.507. The summed E-state index contributed by atoms with van der Waals surface area (Å²) in [6.45, 7) is 3.69. The van der Waals surface area contributed by atoms with Gasteiger partial charge < -0.3 is 15.8 Å². The van der Waals surface area contributed by atoms with Crippen molar-refractivity contribution in [3.63, 3.8) is 0 Å². The molecule has 7 nitrogen and oxygen atoms in total.